The Morgan fingerprint density at radius 2 is 1.80 bits per heavy atom. The number of para-hydroxylation sites is 1. The first-order chi connectivity index (χ1) is 11.9. The van der Waals surface area contributed by atoms with Gasteiger partial charge in [0, 0.05) is 13.6 Å². The van der Waals surface area contributed by atoms with Crippen LogP contribution in [-0.2, 0) is 11.3 Å². The van der Waals surface area contributed by atoms with E-state index in [0.717, 1.165) is 5.56 Å². The third-order valence-corrected chi connectivity index (χ3v) is 3.75. The summed E-state index contributed by atoms with van der Waals surface area (Å²) < 4.78 is 19.2. The predicted octanol–water partition coefficient (Wildman–Crippen LogP) is 3.34. The van der Waals surface area contributed by atoms with Crippen LogP contribution in [0.15, 0.2) is 48.5 Å². The molecular formula is C19H20FNO4. The van der Waals surface area contributed by atoms with Crippen LogP contribution in [0.1, 0.15) is 29.3 Å². The van der Waals surface area contributed by atoms with E-state index in [1.807, 2.05) is 0 Å². The fourth-order valence-electron chi connectivity index (χ4n) is 2.35. The standard InChI is InChI=1S/C19H20FNO4/c1-3-16(25-17-7-5-4-6-15(17)20)18(22)21(2)12-13-8-10-14(11-9-13)19(23)24/h4-11,16H,3,12H2,1-2H3,(H,23,24). The van der Waals surface area contributed by atoms with E-state index < -0.39 is 17.9 Å². The topological polar surface area (TPSA) is 66.8 Å². The Morgan fingerprint density at radius 3 is 2.36 bits per heavy atom. The minimum Gasteiger partial charge on any atom is -0.478 e. The number of halogens is 1. The molecule has 0 saturated carbocycles. The summed E-state index contributed by atoms with van der Waals surface area (Å²) in [5.41, 5.74) is 0.980. The van der Waals surface area contributed by atoms with Crippen molar-refractivity contribution in [3.05, 3.63) is 65.5 Å². The van der Waals surface area contributed by atoms with Gasteiger partial charge in [0.05, 0.1) is 5.56 Å². The fraction of sp³-hybridized carbons (Fsp3) is 0.263. The van der Waals surface area contributed by atoms with Gasteiger partial charge in [-0.1, -0.05) is 31.2 Å². The lowest BCUT2D eigenvalue weighted by Gasteiger charge is -2.24. The molecule has 1 N–H and O–H groups in total. The van der Waals surface area contributed by atoms with Gasteiger partial charge >= 0.3 is 5.97 Å². The molecule has 0 aliphatic heterocycles. The van der Waals surface area contributed by atoms with E-state index in [9.17, 15) is 14.0 Å². The Kier molecular flexibility index (Phi) is 6.11. The maximum Gasteiger partial charge on any atom is 0.335 e. The Hall–Kier alpha value is -2.89. The summed E-state index contributed by atoms with van der Waals surface area (Å²) in [6.07, 6.45) is -0.393. The minimum atomic E-state index is -1.000. The first kappa shape index (κ1) is 18.4. The number of aromatic carboxylic acids is 1. The molecule has 6 heteroatoms. The fourth-order valence-corrected chi connectivity index (χ4v) is 2.35. The molecule has 0 aliphatic carbocycles. The number of hydrogen-bond donors (Lipinski definition) is 1. The molecule has 25 heavy (non-hydrogen) atoms. The summed E-state index contributed by atoms with van der Waals surface area (Å²) >= 11 is 0. The van der Waals surface area contributed by atoms with Crippen molar-refractivity contribution in [2.45, 2.75) is 26.0 Å². The molecule has 2 aromatic carbocycles. The van der Waals surface area contributed by atoms with Crippen LogP contribution in [0.2, 0.25) is 0 Å². The van der Waals surface area contributed by atoms with E-state index in [-0.39, 0.29) is 17.2 Å². The Balaban J connectivity index is 2.03. The van der Waals surface area contributed by atoms with Crippen LogP contribution in [0.25, 0.3) is 0 Å². The number of benzene rings is 2. The zero-order valence-corrected chi connectivity index (χ0v) is 14.1. The van der Waals surface area contributed by atoms with Gasteiger partial charge in [-0.25, -0.2) is 9.18 Å². The molecule has 0 aromatic heterocycles. The van der Waals surface area contributed by atoms with E-state index in [1.54, 1.807) is 38.2 Å². The Bertz CT molecular complexity index is 745. The quantitative estimate of drug-likeness (QED) is 0.836. The van der Waals surface area contributed by atoms with Crippen LogP contribution in [0.5, 0.6) is 5.75 Å². The largest absolute Gasteiger partial charge is 0.478 e. The smallest absolute Gasteiger partial charge is 0.335 e. The van der Waals surface area contributed by atoms with Gasteiger partial charge in [-0.05, 0) is 36.2 Å². The lowest BCUT2D eigenvalue weighted by Crippen LogP contribution is -2.39. The average molecular weight is 345 g/mol. The van der Waals surface area contributed by atoms with Crippen molar-refractivity contribution in [1.82, 2.24) is 4.90 Å². The maximum atomic E-state index is 13.7. The molecule has 0 heterocycles. The van der Waals surface area contributed by atoms with E-state index in [2.05, 4.69) is 0 Å². The summed E-state index contributed by atoms with van der Waals surface area (Å²) in [6.45, 7) is 2.09. The number of carbonyl (C=O) groups is 2. The number of carboxylic acid groups (broad SMARTS) is 1. The van der Waals surface area contributed by atoms with E-state index in [4.69, 9.17) is 9.84 Å². The second kappa shape index (κ2) is 8.28. The molecule has 1 unspecified atom stereocenters. The maximum absolute atomic E-state index is 13.7. The van der Waals surface area contributed by atoms with Crippen molar-refractivity contribution in [3.8, 4) is 5.75 Å². The van der Waals surface area contributed by atoms with Crippen molar-refractivity contribution < 1.29 is 23.8 Å². The number of rotatable bonds is 7. The van der Waals surface area contributed by atoms with Crippen LogP contribution in [0.4, 0.5) is 4.39 Å². The number of carbonyl (C=O) groups excluding carboxylic acids is 1. The Labute approximate surface area is 145 Å². The second-order valence-electron chi connectivity index (χ2n) is 5.64. The van der Waals surface area contributed by atoms with E-state index in [1.165, 1.54) is 29.2 Å². The monoisotopic (exact) mass is 345 g/mol. The highest BCUT2D eigenvalue weighted by atomic mass is 19.1. The predicted molar refractivity (Wildman–Crippen MR) is 91.0 cm³/mol. The SMILES string of the molecule is CCC(Oc1ccccc1F)C(=O)N(C)Cc1ccc(C(=O)O)cc1. The van der Waals surface area contributed by atoms with Gasteiger partial charge in [-0.3, -0.25) is 4.79 Å². The highest BCUT2D eigenvalue weighted by Crippen LogP contribution is 2.19. The second-order valence-corrected chi connectivity index (χ2v) is 5.64. The summed E-state index contributed by atoms with van der Waals surface area (Å²) in [6, 6.07) is 12.3. The van der Waals surface area contributed by atoms with Gasteiger partial charge in [0.15, 0.2) is 17.7 Å². The third-order valence-electron chi connectivity index (χ3n) is 3.75. The van der Waals surface area contributed by atoms with Crippen LogP contribution in [0.3, 0.4) is 0 Å². The van der Waals surface area contributed by atoms with Crippen LogP contribution in [0, 0.1) is 5.82 Å². The van der Waals surface area contributed by atoms with Gasteiger partial charge in [-0.15, -0.1) is 0 Å². The molecule has 2 aromatic rings. The van der Waals surface area contributed by atoms with E-state index >= 15 is 0 Å². The molecule has 2 rings (SSSR count). The van der Waals surface area contributed by atoms with Gasteiger partial charge in [0.25, 0.3) is 5.91 Å². The molecular weight excluding hydrogens is 325 g/mol. The number of nitrogens with zero attached hydrogens (tertiary/aromatic N) is 1. The van der Waals surface area contributed by atoms with Crippen LogP contribution >= 0.6 is 0 Å². The van der Waals surface area contributed by atoms with Gasteiger partial charge in [0.2, 0.25) is 0 Å². The highest BCUT2D eigenvalue weighted by Gasteiger charge is 2.23. The molecule has 1 amide bonds. The molecule has 0 saturated heterocycles. The van der Waals surface area contributed by atoms with Gasteiger partial charge in [0.1, 0.15) is 0 Å². The first-order valence-electron chi connectivity index (χ1n) is 7.90. The summed E-state index contributed by atoms with van der Waals surface area (Å²) in [5.74, 6) is -1.74. The Morgan fingerprint density at radius 1 is 1.16 bits per heavy atom. The lowest BCUT2D eigenvalue weighted by atomic mass is 10.1. The van der Waals surface area contributed by atoms with Crippen molar-refractivity contribution >= 4 is 11.9 Å². The minimum absolute atomic E-state index is 0.0434. The van der Waals surface area contributed by atoms with Crippen molar-refractivity contribution in [1.29, 1.82) is 0 Å². The summed E-state index contributed by atoms with van der Waals surface area (Å²) in [7, 11) is 1.63. The number of amides is 1. The van der Waals surface area contributed by atoms with Crippen LogP contribution in [-0.4, -0.2) is 35.0 Å². The lowest BCUT2D eigenvalue weighted by molar-refractivity contribution is -0.138. The normalized spacial score (nSPS) is 11.6. The average Bonchev–Trinajstić information content (AvgIpc) is 2.61. The number of carboxylic acids is 1. The molecule has 0 spiro atoms. The number of ether oxygens (including phenoxy) is 1. The highest BCUT2D eigenvalue weighted by molar-refractivity contribution is 5.87. The molecule has 1 atom stereocenters. The first-order valence-corrected chi connectivity index (χ1v) is 7.90. The zero-order valence-electron chi connectivity index (χ0n) is 14.1. The van der Waals surface area contributed by atoms with Crippen molar-refractivity contribution in [2.75, 3.05) is 7.05 Å². The summed E-state index contributed by atoms with van der Waals surface area (Å²) in [4.78, 5) is 24.9. The number of hydrogen-bond acceptors (Lipinski definition) is 3. The van der Waals surface area contributed by atoms with Crippen molar-refractivity contribution in [2.24, 2.45) is 0 Å². The van der Waals surface area contributed by atoms with Crippen molar-refractivity contribution in [3.63, 3.8) is 0 Å². The molecule has 0 bridgehead atoms. The zero-order chi connectivity index (χ0) is 18.4. The molecule has 0 radical (unpaired) electrons. The van der Waals surface area contributed by atoms with E-state index in [0.29, 0.717) is 13.0 Å². The molecule has 5 nitrogen and oxygen atoms in total. The molecule has 0 aliphatic rings. The molecule has 0 fully saturated rings. The van der Waals surface area contributed by atoms with Gasteiger partial charge in [-0.2, -0.15) is 0 Å². The number of likely N-dealkylation sites (N-methyl/N-ethyl adjacent to an activating group) is 1. The third kappa shape index (κ3) is 4.79. The molecule has 132 valence electrons. The van der Waals surface area contributed by atoms with Crippen LogP contribution < -0.4 is 4.74 Å². The van der Waals surface area contributed by atoms with Gasteiger partial charge < -0.3 is 14.7 Å². The summed E-state index contributed by atoms with van der Waals surface area (Å²) in [5, 5.41) is 8.90.